The second kappa shape index (κ2) is 9.41. The van der Waals surface area contributed by atoms with E-state index in [0.717, 1.165) is 12.8 Å². The number of aliphatic hydroxyl groups excluding tert-OH is 2. The number of aliphatic hydroxyl groups is 2. The molecule has 182 valence electrons. The SMILES string of the molecule is COC(=O)N(CC#Cc1nc(N)c2ncn([C@@H]3O[C@H](C(=O)NC4CC4)[C@H](O)C3O)c2n1)C(C)C. The van der Waals surface area contributed by atoms with Gasteiger partial charge in [0.05, 0.1) is 20.0 Å². The van der Waals surface area contributed by atoms with Gasteiger partial charge in [-0.25, -0.2) is 19.7 Å². The average molecular weight is 473 g/mol. The lowest BCUT2D eigenvalue weighted by Gasteiger charge is -2.22. The molecule has 1 aliphatic carbocycles. The van der Waals surface area contributed by atoms with Crippen molar-refractivity contribution >= 4 is 29.0 Å². The fraction of sp³-hybridized carbons (Fsp3) is 0.571. The number of anilines is 1. The van der Waals surface area contributed by atoms with Crippen LogP contribution in [0.4, 0.5) is 10.6 Å². The number of fused-ring (bicyclic) bond motifs is 1. The number of carbonyl (C=O) groups is 2. The number of carbonyl (C=O) groups excluding carboxylic acids is 2. The summed E-state index contributed by atoms with van der Waals surface area (Å²) in [5, 5.41) is 23.7. The Kier molecular flexibility index (Phi) is 6.56. The van der Waals surface area contributed by atoms with Crippen LogP contribution in [-0.2, 0) is 14.3 Å². The minimum atomic E-state index is -1.43. The third kappa shape index (κ3) is 4.60. The van der Waals surface area contributed by atoms with Crippen molar-refractivity contribution in [3.63, 3.8) is 0 Å². The minimum absolute atomic E-state index is 0.0535. The van der Waals surface area contributed by atoms with E-state index in [2.05, 4.69) is 32.1 Å². The quantitative estimate of drug-likeness (QED) is 0.399. The van der Waals surface area contributed by atoms with E-state index in [1.165, 1.54) is 22.9 Å². The van der Waals surface area contributed by atoms with Crippen LogP contribution in [-0.4, -0.2) is 90.7 Å². The van der Waals surface area contributed by atoms with Crippen LogP contribution in [0.15, 0.2) is 6.33 Å². The second-order valence-electron chi connectivity index (χ2n) is 8.46. The average Bonchev–Trinajstić information content (AvgIpc) is 3.43. The highest BCUT2D eigenvalue weighted by Crippen LogP contribution is 2.33. The number of nitrogens with one attached hydrogen (secondary N) is 1. The van der Waals surface area contributed by atoms with Gasteiger partial charge in [0.1, 0.15) is 17.7 Å². The molecule has 1 saturated heterocycles. The van der Waals surface area contributed by atoms with E-state index >= 15 is 0 Å². The molecule has 1 saturated carbocycles. The highest BCUT2D eigenvalue weighted by Gasteiger charge is 2.48. The summed E-state index contributed by atoms with van der Waals surface area (Å²) in [6.07, 6.45) is -2.62. The molecular formula is C21H27N7O6. The standard InChI is InChI=1S/C21H27N7O6/c1-10(2)27(21(32)33-3)8-4-5-12-25-17(22)13-18(26-12)28(9-23-13)20-15(30)14(29)16(34-20)19(31)24-11-6-7-11/h9-11,14-16,20,29-30H,6-8H2,1-3H3,(H,24,31)(H2,22,25,26)/t14-,15?,16+,20-/m1/s1. The van der Waals surface area contributed by atoms with Crippen molar-refractivity contribution in [2.24, 2.45) is 0 Å². The van der Waals surface area contributed by atoms with Gasteiger partial charge in [0, 0.05) is 12.1 Å². The van der Waals surface area contributed by atoms with E-state index in [0.29, 0.717) is 0 Å². The summed E-state index contributed by atoms with van der Waals surface area (Å²) >= 11 is 0. The fourth-order valence-corrected chi connectivity index (χ4v) is 3.58. The molecule has 3 heterocycles. The Morgan fingerprint density at radius 1 is 1.35 bits per heavy atom. The van der Waals surface area contributed by atoms with Crippen LogP contribution in [0.3, 0.4) is 0 Å². The number of imidazole rings is 1. The Morgan fingerprint density at radius 2 is 2.09 bits per heavy atom. The maximum atomic E-state index is 12.4. The number of nitrogens with zero attached hydrogens (tertiary/aromatic N) is 5. The number of nitrogen functional groups attached to an aromatic ring is 1. The largest absolute Gasteiger partial charge is 0.453 e. The molecule has 0 aromatic carbocycles. The number of nitrogens with two attached hydrogens (primary N) is 1. The number of hydrogen-bond donors (Lipinski definition) is 4. The van der Waals surface area contributed by atoms with Crippen LogP contribution >= 0.6 is 0 Å². The van der Waals surface area contributed by atoms with E-state index in [9.17, 15) is 19.8 Å². The zero-order chi connectivity index (χ0) is 24.6. The van der Waals surface area contributed by atoms with E-state index in [-0.39, 0.29) is 41.4 Å². The van der Waals surface area contributed by atoms with Crippen molar-refractivity contribution in [3.05, 3.63) is 12.2 Å². The van der Waals surface area contributed by atoms with Crippen LogP contribution < -0.4 is 11.1 Å². The lowest BCUT2D eigenvalue weighted by atomic mass is 10.1. The number of rotatable bonds is 5. The molecule has 2 fully saturated rings. The second-order valence-corrected chi connectivity index (χ2v) is 8.46. The number of methoxy groups -OCH3 is 1. The van der Waals surface area contributed by atoms with Gasteiger partial charge in [0.15, 0.2) is 23.8 Å². The molecule has 5 N–H and O–H groups in total. The molecule has 13 heteroatoms. The minimum Gasteiger partial charge on any atom is -0.453 e. The number of ether oxygens (including phenoxy) is 2. The summed E-state index contributed by atoms with van der Waals surface area (Å²) in [4.78, 5) is 38.4. The zero-order valence-corrected chi connectivity index (χ0v) is 19.0. The molecule has 2 aliphatic rings. The first-order chi connectivity index (χ1) is 16.2. The predicted molar refractivity (Wildman–Crippen MR) is 118 cm³/mol. The van der Waals surface area contributed by atoms with E-state index in [4.69, 9.17) is 15.2 Å². The molecule has 0 radical (unpaired) electrons. The molecule has 2 amide bonds. The maximum absolute atomic E-state index is 12.4. The van der Waals surface area contributed by atoms with Crippen LogP contribution in [0.2, 0.25) is 0 Å². The molecule has 1 unspecified atom stereocenters. The van der Waals surface area contributed by atoms with Gasteiger partial charge in [0.25, 0.3) is 5.91 Å². The summed E-state index contributed by atoms with van der Waals surface area (Å²) < 4.78 is 11.8. The van der Waals surface area contributed by atoms with Gasteiger partial charge < -0.3 is 30.7 Å². The van der Waals surface area contributed by atoms with Crippen LogP contribution in [0, 0.1) is 11.8 Å². The Labute approximate surface area is 195 Å². The Bertz CT molecular complexity index is 1150. The number of aromatic nitrogens is 4. The highest BCUT2D eigenvalue weighted by molar-refractivity contribution is 5.83. The molecule has 34 heavy (non-hydrogen) atoms. The van der Waals surface area contributed by atoms with Crippen LogP contribution in [0.1, 0.15) is 38.7 Å². The molecular weight excluding hydrogens is 446 g/mol. The van der Waals surface area contributed by atoms with Gasteiger partial charge in [0.2, 0.25) is 5.82 Å². The van der Waals surface area contributed by atoms with Gasteiger partial charge in [-0.1, -0.05) is 5.92 Å². The smallest absolute Gasteiger partial charge is 0.410 e. The topological polar surface area (TPSA) is 178 Å². The lowest BCUT2D eigenvalue weighted by Crippen LogP contribution is -2.43. The number of amides is 2. The first-order valence-corrected chi connectivity index (χ1v) is 10.9. The highest BCUT2D eigenvalue weighted by atomic mass is 16.6. The molecule has 4 atom stereocenters. The van der Waals surface area contributed by atoms with E-state index in [1.807, 2.05) is 13.8 Å². The molecule has 2 aromatic rings. The predicted octanol–water partition coefficient (Wildman–Crippen LogP) is -0.865. The third-order valence-electron chi connectivity index (χ3n) is 5.63. The molecule has 4 rings (SSSR count). The van der Waals surface area contributed by atoms with Crippen molar-refractivity contribution < 1.29 is 29.3 Å². The Balaban J connectivity index is 1.58. The number of hydrogen-bond acceptors (Lipinski definition) is 10. The van der Waals surface area contributed by atoms with Crippen molar-refractivity contribution in [1.29, 1.82) is 0 Å². The summed E-state index contributed by atoms with van der Waals surface area (Å²) in [7, 11) is 1.29. The van der Waals surface area contributed by atoms with Gasteiger partial charge >= 0.3 is 6.09 Å². The van der Waals surface area contributed by atoms with Gasteiger partial charge in [-0.3, -0.25) is 14.3 Å². The van der Waals surface area contributed by atoms with Gasteiger partial charge in [-0.2, -0.15) is 0 Å². The molecule has 0 spiro atoms. The normalized spacial score (nSPS) is 24.1. The van der Waals surface area contributed by atoms with Crippen molar-refractivity contribution in [2.75, 3.05) is 19.4 Å². The maximum Gasteiger partial charge on any atom is 0.410 e. The van der Waals surface area contributed by atoms with Crippen molar-refractivity contribution in [3.8, 4) is 11.8 Å². The van der Waals surface area contributed by atoms with E-state index < -0.39 is 36.5 Å². The van der Waals surface area contributed by atoms with Crippen LogP contribution in [0.25, 0.3) is 11.2 Å². The van der Waals surface area contributed by atoms with Crippen molar-refractivity contribution in [2.45, 2.75) is 63.3 Å². The van der Waals surface area contributed by atoms with Gasteiger partial charge in [-0.15, -0.1) is 0 Å². The fourth-order valence-electron chi connectivity index (χ4n) is 3.58. The summed E-state index contributed by atoms with van der Waals surface area (Å²) in [5.41, 5.74) is 6.48. The van der Waals surface area contributed by atoms with Gasteiger partial charge in [-0.05, 0) is 32.6 Å². The summed E-state index contributed by atoms with van der Waals surface area (Å²) in [5.74, 6) is 5.23. The van der Waals surface area contributed by atoms with Crippen molar-refractivity contribution in [1.82, 2.24) is 29.7 Å². The molecule has 13 nitrogen and oxygen atoms in total. The van der Waals surface area contributed by atoms with Crippen LogP contribution in [0.5, 0.6) is 0 Å². The zero-order valence-electron chi connectivity index (χ0n) is 19.0. The lowest BCUT2D eigenvalue weighted by molar-refractivity contribution is -0.137. The molecule has 2 aromatic heterocycles. The summed E-state index contributed by atoms with van der Waals surface area (Å²) in [6, 6.07) is -0.0535. The monoisotopic (exact) mass is 473 g/mol. The Morgan fingerprint density at radius 3 is 2.74 bits per heavy atom. The molecule has 1 aliphatic heterocycles. The third-order valence-corrected chi connectivity index (χ3v) is 5.63. The van der Waals surface area contributed by atoms with E-state index in [1.54, 1.807) is 0 Å². The first kappa shape index (κ1) is 23.7. The summed E-state index contributed by atoms with van der Waals surface area (Å²) in [6.45, 7) is 3.74. The molecule has 0 bridgehead atoms. The Hall–Kier alpha value is -3.47. The first-order valence-electron chi connectivity index (χ1n) is 10.9.